The average molecular weight is 409 g/mol. The van der Waals surface area contributed by atoms with E-state index in [4.69, 9.17) is 0 Å². The highest BCUT2D eigenvalue weighted by atomic mass is 32.2. The van der Waals surface area contributed by atoms with Crippen LogP contribution < -0.4 is 9.62 Å². The predicted octanol–water partition coefficient (Wildman–Crippen LogP) is 3.23. The van der Waals surface area contributed by atoms with Gasteiger partial charge in [-0.25, -0.2) is 12.8 Å². The number of sulfonamides is 1. The normalized spacial score (nSPS) is 12.3. The molecule has 0 heterocycles. The molecule has 150 valence electrons. The first-order chi connectivity index (χ1) is 13.1. The molecule has 0 saturated carbocycles. The number of nitro groups is 1. The monoisotopic (exact) mass is 409 g/mol. The zero-order chi connectivity index (χ0) is 21.1. The minimum atomic E-state index is -4.00. The molecule has 1 N–H and O–H groups in total. The van der Waals surface area contributed by atoms with Gasteiger partial charge in [0.1, 0.15) is 11.9 Å². The smallest absolute Gasteiger partial charge is 0.271 e. The molecule has 0 aliphatic rings. The van der Waals surface area contributed by atoms with E-state index in [2.05, 4.69) is 5.32 Å². The summed E-state index contributed by atoms with van der Waals surface area (Å²) in [7, 11) is -4.00. The van der Waals surface area contributed by atoms with Gasteiger partial charge in [-0.1, -0.05) is 25.1 Å². The number of benzene rings is 2. The third kappa shape index (κ3) is 4.63. The number of aryl methyl sites for hydroxylation is 1. The minimum Gasteiger partial charge on any atom is -0.324 e. The lowest BCUT2D eigenvalue weighted by Crippen LogP contribution is -2.47. The van der Waals surface area contributed by atoms with Gasteiger partial charge in [-0.05, 0) is 31.0 Å². The Kier molecular flexibility index (Phi) is 6.34. The van der Waals surface area contributed by atoms with Crippen molar-refractivity contribution in [2.75, 3.05) is 15.9 Å². The number of amides is 1. The molecule has 0 aromatic heterocycles. The molecular formula is C18H20FN3O5S. The van der Waals surface area contributed by atoms with E-state index in [1.165, 1.54) is 36.4 Å². The Bertz CT molecular complexity index is 1010. The fourth-order valence-corrected chi connectivity index (χ4v) is 3.95. The number of nitrogens with zero attached hydrogens (tertiary/aromatic N) is 2. The molecule has 8 nitrogen and oxygen atoms in total. The molecule has 1 amide bonds. The SMILES string of the molecule is CC[C@@H](C(=O)Nc1cc([N+](=O)[O-])ccc1C)N(c1ccccc1F)S(C)(=O)=O. The number of nitrogens with one attached hydrogen (secondary N) is 1. The van der Waals surface area contributed by atoms with Crippen LogP contribution in [-0.2, 0) is 14.8 Å². The summed E-state index contributed by atoms with van der Waals surface area (Å²) in [5, 5.41) is 13.5. The lowest BCUT2D eigenvalue weighted by atomic mass is 10.1. The number of non-ortho nitro benzene ring substituents is 1. The second-order valence-electron chi connectivity index (χ2n) is 6.18. The first kappa shape index (κ1) is 21.3. The number of anilines is 2. The summed E-state index contributed by atoms with van der Waals surface area (Å²) in [5.41, 5.74) is 0.274. The molecule has 2 aromatic rings. The first-order valence-corrected chi connectivity index (χ1v) is 10.2. The van der Waals surface area contributed by atoms with E-state index in [1.807, 2.05) is 0 Å². The van der Waals surface area contributed by atoms with Crippen LogP contribution in [-0.4, -0.2) is 31.5 Å². The molecule has 2 rings (SSSR count). The van der Waals surface area contributed by atoms with E-state index in [9.17, 15) is 27.7 Å². The molecule has 0 saturated heterocycles. The summed E-state index contributed by atoms with van der Waals surface area (Å²) in [6.45, 7) is 3.23. The Morgan fingerprint density at radius 1 is 1.29 bits per heavy atom. The lowest BCUT2D eigenvalue weighted by Gasteiger charge is -2.30. The zero-order valence-electron chi connectivity index (χ0n) is 15.5. The van der Waals surface area contributed by atoms with Gasteiger partial charge in [0.05, 0.1) is 22.6 Å². The van der Waals surface area contributed by atoms with E-state index >= 15 is 0 Å². The van der Waals surface area contributed by atoms with Crippen LogP contribution in [0.5, 0.6) is 0 Å². The third-order valence-electron chi connectivity index (χ3n) is 4.11. The second kappa shape index (κ2) is 8.34. The number of para-hydroxylation sites is 1. The van der Waals surface area contributed by atoms with Crippen molar-refractivity contribution in [3.05, 3.63) is 64.0 Å². The molecule has 0 aliphatic carbocycles. The van der Waals surface area contributed by atoms with Gasteiger partial charge in [-0.2, -0.15) is 0 Å². The Hall–Kier alpha value is -3.01. The van der Waals surface area contributed by atoms with Crippen molar-refractivity contribution in [1.82, 2.24) is 0 Å². The van der Waals surface area contributed by atoms with Gasteiger partial charge in [0.25, 0.3) is 5.69 Å². The van der Waals surface area contributed by atoms with Crippen LogP contribution in [0.25, 0.3) is 0 Å². The standard InChI is InChI=1S/C18H20FN3O5S/c1-4-16(21(28(3,26)27)17-8-6-5-7-14(17)19)18(23)20-15-11-13(22(24)25)10-9-12(15)2/h5-11,16H,4H2,1-3H3,(H,20,23)/t16-/m0/s1. The summed E-state index contributed by atoms with van der Waals surface area (Å²) in [6.07, 6.45) is 0.940. The molecular weight excluding hydrogens is 389 g/mol. The second-order valence-corrected chi connectivity index (χ2v) is 8.04. The van der Waals surface area contributed by atoms with E-state index in [0.717, 1.165) is 16.6 Å². The van der Waals surface area contributed by atoms with Crippen molar-refractivity contribution in [2.45, 2.75) is 26.3 Å². The van der Waals surface area contributed by atoms with E-state index in [0.29, 0.717) is 5.56 Å². The quantitative estimate of drug-likeness (QED) is 0.558. The van der Waals surface area contributed by atoms with Gasteiger partial charge in [0, 0.05) is 12.1 Å². The van der Waals surface area contributed by atoms with Gasteiger partial charge in [0.15, 0.2) is 0 Å². The van der Waals surface area contributed by atoms with Crippen molar-refractivity contribution >= 4 is 33.0 Å². The molecule has 0 bridgehead atoms. The van der Waals surface area contributed by atoms with Crippen LogP contribution in [0.1, 0.15) is 18.9 Å². The van der Waals surface area contributed by atoms with Gasteiger partial charge in [-0.3, -0.25) is 19.2 Å². The maximum absolute atomic E-state index is 14.3. The molecule has 0 radical (unpaired) electrons. The summed E-state index contributed by atoms with van der Waals surface area (Å²) < 4.78 is 39.7. The van der Waals surface area contributed by atoms with Crippen LogP contribution in [0, 0.1) is 22.9 Å². The highest BCUT2D eigenvalue weighted by molar-refractivity contribution is 7.92. The molecule has 10 heteroatoms. The number of carbonyl (C=O) groups is 1. The maximum Gasteiger partial charge on any atom is 0.271 e. The third-order valence-corrected chi connectivity index (χ3v) is 5.28. The first-order valence-electron chi connectivity index (χ1n) is 8.36. The lowest BCUT2D eigenvalue weighted by molar-refractivity contribution is -0.384. The Morgan fingerprint density at radius 3 is 2.46 bits per heavy atom. The summed E-state index contributed by atoms with van der Waals surface area (Å²) >= 11 is 0. The van der Waals surface area contributed by atoms with E-state index in [1.54, 1.807) is 13.8 Å². The highest BCUT2D eigenvalue weighted by Crippen LogP contribution is 2.27. The van der Waals surface area contributed by atoms with Gasteiger partial charge in [-0.15, -0.1) is 0 Å². The van der Waals surface area contributed by atoms with Gasteiger partial charge >= 0.3 is 0 Å². The fraction of sp³-hybridized carbons (Fsp3) is 0.278. The molecule has 28 heavy (non-hydrogen) atoms. The number of hydrogen-bond acceptors (Lipinski definition) is 5. The molecule has 0 spiro atoms. The van der Waals surface area contributed by atoms with Crippen LogP contribution in [0.15, 0.2) is 42.5 Å². The van der Waals surface area contributed by atoms with Gasteiger partial charge < -0.3 is 5.32 Å². The molecule has 0 aliphatic heterocycles. The Balaban J connectivity index is 2.45. The fourth-order valence-electron chi connectivity index (χ4n) is 2.74. The summed E-state index contributed by atoms with van der Waals surface area (Å²) in [6, 6.07) is 7.95. The van der Waals surface area contributed by atoms with E-state index < -0.39 is 32.7 Å². The number of hydrogen-bond donors (Lipinski definition) is 1. The zero-order valence-corrected chi connectivity index (χ0v) is 16.4. The Labute approximate surface area is 162 Å². The van der Waals surface area contributed by atoms with Crippen molar-refractivity contribution in [3.63, 3.8) is 0 Å². The van der Waals surface area contributed by atoms with Crippen LogP contribution in [0.3, 0.4) is 0 Å². The molecule has 1 atom stereocenters. The topological polar surface area (TPSA) is 110 Å². The van der Waals surface area contributed by atoms with Crippen molar-refractivity contribution < 1.29 is 22.5 Å². The number of halogens is 1. The number of rotatable bonds is 7. The molecule has 0 fully saturated rings. The summed E-state index contributed by atoms with van der Waals surface area (Å²) in [4.78, 5) is 23.2. The number of nitro benzene ring substituents is 1. The van der Waals surface area contributed by atoms with E-state index in [-0.39, 0.29) is 23.5 Å². The van der Waals surface area contributed by atoms with Crippen molar-refractivity contribution in [1.29, 1.82) is 0 Å². The van der Waals surface area contributed by atoms with Crippen LogP contribution in [0.2, 0.25) is 0 Å². The van der Waals surface area contributed by atoms with Gasteiger partial charge in [0.2, 0.25) is 15.9 Å². The number of carbonyl (C=O) groups excluding carboxylic acids is 1. The van der Waals surface area contributed by atoms with Crippen LogP contribution >= 0.6 is 0 Å². The van der Waals surface area contributed by atoms with Crippen molar-refractivity contribution in [2.24, 2.45) is 0 Å². The molecule has 0 unspecified atom stereocenters. The highest BCUT2D eigenvalue weighted by Gasteiger charge is 2.33. The maximum atomic E-state index is 14.3. The average Bonchev–Trinajstić information content (AvgIpc) is 2.61. The minimum absolute atomic E-state index is 0.0568. The van der Waals surface area contributed by atoms with Crippen molar-refractivity contribution in [3.8, 4) is 0 Å². The Morgan fingerprint density at radius 2 is 1.93 bits per heavy atom. The molecule has 2 aromatic carbocycles. The summed E-state index contributed by atoms with van der Waals surface area (Å²) in [5.74, 6) is -1.51. The largest absolute Gasteiger partial charge is 0.324 e. The van der Waals surface area contributed by atoms with Crippen LogP contribution in [0.4, 0.5) is 21.5 Å². The predicted molar refractivity (Wildman–Crippen MR) is 104 cm³/mol.